The predicted molar refractivity (Wildman–Crippen MR) is 192 cm³/mol. The van der Waals surface area contributed by atoms with Gasteiger partial charge in [-0.15, -0.1) is 0 Å². The first-order valence-electron chi connectivity index (χ1n) is 17.0. The Morgan fingerprint density at radius 1 is 0.447 bits per heavy atom. The molecule has 47 heavy (non-hydrogen) atoms. The Morgan fingerprint density at radius 3 is 1.00 bits per heavy atom. The molecule has 0 bridgehead atoms. The molecule has 0 spiro atoms. The van der Waals surface area contributed by atoms with Crippen LogP contribution in [0.3, 0.4) is 0 Å². The molecule has 4 aromatic rings. The largest absolute Gasteiger partial charge is 0.340 e. The Balaban J connectivity index is 0.906. The van der Waals surface area contributed by atoms with E-state index in [2.05, 4.69) is 131 Å². The molecule has 6 rings (SSSR count). The van der Waals surface area contributed by atoms with E-state index in [1.807, 2.05) is 9.80 Å². The molecule has 4 aromatic carbocycles. The van der Waals surface area contributed by atoms with Gasteiger partial charge in [0.15, 0.2) is 0 Å². The highest BCUT2D eigenvalue weighted by Crippen LogP contribution is 2.31. The smallest absolute Gasteiger partial charge is 0.223 e. The van der Waals surface area contributed by atoms with Gasteiger partial charge in [-0.25, -0.2) is 0 Å². The molecule has 0 aliphatic carbocycles. The Bertz CT molecular complexity index is 1330. The lowest BCUT2D eigenvalue weighted by atomic mass is 9.96. The summed E-state index contributed by atoms with van der Waals surface area (Å²) in [6, 6.07) is 43.0. The molecule has 2 aliphatic heterocycles. The summed E-state index contributed by atoms with van der Waals surface area (Å²) < 4.78 is 0. The van der Waals surface area contributed by atoms with Crippen molar-refractivity contribution in [3.63, 3.8) is 0 Å². The fourth-order valence-corrected chi connectivity index (χ4v) is 7.81. The predicted octanol–water partition coefficient (Wildman–Crippen LogP) is 6.37. The maximum Gasteiger partial charge on any atom is 0.223 e. The molecule has 0 saturated carbocycles. The van der Waals surface area contributed by atoms with Gasteiger partial charge >= 0.3 is 0 Å². The van der Waals surface area contributed by atoms with Crippen LogP contribution in [-0.4, -0.2) is 95.3 Å². The van der Waals surface area contributed by atoms with Crippen molar-refractivity contribution in [3.05, 3.63) is 144 Å². The van der Waals surface area contributed by atoms with E-state index in [4.69, 9.17) is 0 Å². The summed E-state index contributed by atoms with van der Waals surface area (Å²) in [6.07, 6.45) is 1.05. The molecular formula is C40H46N4O2S. The van der Waals surface area contributed by atoms with E-state index in [9.17, 15) is 9.59 Å². The second-order valence-electron chi connectivity index (χ2n) is 12.4. The average Bonchev–Trinajstić information content (AvgIpc) is 3.14. The highest BCUT2D eigenvalue weighted by Gasteiger charge is 2.29. The number of nitrogens with zero attached hydrogens (tertiary/aromatic N) is 4. The molecule has 2 heterocycles. The van der Waals surface area contributed by atoms with Crippen LogP contribution in [0.5, 0.6) is 0 Å². The number of hydrogen-bond acceptors (Lipinski definition) is 5. The number of thioether (sulfide) groups is 1. The van der Waals surface area contributed by atoms with Gasteiger partial charge in [-0.1, -0.05) is 121 Å². The van der Waals surface area contributed by atoms with Gasteiger partial charge in [0, 0.05) is 76.7 Å². The van der Waals surface area contributed by atoms with Crippen molar-refractivity contribution in [3.8, 4) is 0 Å². The van der Waals surface area contributed by atoms with Crippen molar-refractivity contribution < 1.29 is 9.59 Å². The van der Waals surface area contributed by atoms with Crippen LogP contribution < -0.4 is 0 Å². The van der Waals surface area contributed by atoms with Crippen molar-refractivity contribution in [2.45, 2.75) is 24.9 Å². The van der Waals surface area contributed by atoms with Crippen LogP contribution in [-0.2, 0) is 9.59 Å². The van der Waals surface area contributed by atoms with Gasteiger partial charge in [-0.3, -0.25) is 19.4 Å². The zero-order chi connectivity index (χ0) is 32.3. The van der Waals surface area contributed by atoms with Crippen molar-refractivity contribution in [1.29, 1.82) is 0 Å². The summed E-state index contributed by atoms with van der Waals surface area (Å²) in [5.41, 5.74) is 5.15. The van der Waals surface area contributed by atoms with Crippen LogP contribution in [0.2, 0.25) is 0 Å². The molecule has 2 aliphatic rings. The fraction of sp³-hybridized carbons (Fsp3) is 0.350. The average molecular weight is 647 g/mol. The minimum atomic E-state index is 0.194. The van der Waals surface area contributed by atoms with E-state index in [0.29, 0.717) is 12.8 Å². The minimum absolute atomic E-state index is 0.194. The van der Waals surface area contributed by atoms with Gasteiger partial charge in [0.25, 0.3) is 0 Å². The summed E-state index contributed by atoms with van der Waals surface area (Å²) >= 11 is 1.72. The number of amides is 2. The lowest BCUT2D eigenvalue weighted by Gasteiger charge is -2.40. The van der Waals surface area contributed by atoms with E-state index in [-0.39, 0.29) is 23.9 Å². The van der Waals surface area contributed by atoms with Gasteiger partial charge in [0.05, 0.1) is 12.1 Å². The molecule has 244 valence electrons. The molecule has 7 heteroatoms. The number of rotatable bonds is 12. The number of carbonyl (C=O) groups excluding carboxylic acids is 2. The van der Waals surface area contributed by atoms with Gasteiger partial charge in [0.1, 0.15) is 0 Å². The first-order chi connectivity index (χ1) is 23.2. The van der Waals surface area contributed by atoms with Crippen LogP contribution in [0.4, 0.5) is 0 Å². The SMILES string of the molecule is O=C(CCSCCC(=O)N1CCN(C(c2ccccc2)c2ccccc2)CC1)N1CCN(C(c2ccccc2)c2ccccc2)CC1. The Labute approximate surface area is 284 Å². The second-order valence-corrected chi connectivity index (χ2v) is 13.6. The maximum absolute atomic E-state index is 13.1. The Hall–Kier alpha value is -3.91. The van der Waals surface area contributed by atoms with Gasteiger partial charge in [0.2, 0.25) is 11.8 Å². The summed E-state index contributed by atoms with van der Waals surface area (Å²) in [6.45, 7) is 6.41. The maximum atomic E-state index is 13.1. The molecule has 6 nitrogen and oxygen atoms in total. The summed E-state index contributed by atoms with van der Waals surface area (Å²) in [4.78, 5) is 35.2. The van der Waals surface area contributed by atoms with E-state index in [0.717, 1.165) is 63.9 Å². The van der Waals surface area contributed by atoms with Gasteiger partial charge in [-0.2, -0.15) is 11.8 Å². The van der Waals surface area contributed by atoms with Crippen molar-refractivity contribution in [1.82, 2.24) is 19.6 Å². The highest BCUT2D eigenvalue weighted by molar-refractivity contribution is 7.99. The first kappa shape index (κ1) is 33.0. The van der Waals surface area contributed by atoms with Crippen molar-refractivity contribution in [2.75, 3.05) is 63.9 Å². The number of hydrogen-bond donors (Lipinski definition) is 0. The lowest BCUT2D eigenvalue weighted by molar-refractivity contribution is -0.133. The van der Waals surface area contributed by atoms with E-state index < -0.39 is 0 Å². The monoisotopic (exact) mass is 646 g/mol. The Morgan fingerprint density at radius 2 is 0.723 bits per heavy atom. The van der Waals surface area contributed by atoms with Crippen molar-refractivity contribution >= 4 is 23.6 Å². The standard InChI is InChI=1S/C40H46N4O2S/c45-37(41-23-27-43(28-24-41)39(33-13-5-1-6-14-33)34-15-7-2-8-16-34)21-31-47-32-22-38(46)42-25-29-44(30-26-42)40(35-17-9-3-10-18-35)36-19-11-4-12-20-36/h1-20,39-40H,21-32H2. The molecule has 2 amide bonds. The number of benzene rings is 4. The zero-order valence-electron chi connectivity index (χ0n) is 27.2. The molecule has 0 aromatic heterocycles. The topological polar surface area (TPSA) is 47.1 Å². The lowest BCUT2D eigenvalue weighted by Crippen LogP contribution is -2.50. The third-order valence-electron chi connectivity index (χ3n) is 9.45. The van der Waals surface area contributed by atoms with E-state index >= 15 is 0 Å². The van der Waals surface area contributed by atoms with Gasteiger partial charge in [-0.05, 0) is 22.3 Å². The van der Waals surface area contributed by atoms with Crippen LogP contribution in [0.15, 0.2) is 121 Å². The van der Waals surface area contributed by atoms with Gasteiger partial charge < -0.3 is 9.80 Å². The first-order valence-corrected chi connectivity index (χ1v) is 18.1. The van der Waals surface area contributed by atoms with Crippen molar-refractivity contribution in [2.24, 2.45) is 0 Å². The zero-order valence-corrected chi connectivity index (χ0v) is 28.0. The molecule has 0 radical (unpaired) electrons. The quantitative estimate of drug-likeness (QED) is 0.168. The fourth-order valence-electron chi connectivity index (χ4n) is 6.97. The third kappa shape index (κ3) is 8.72. The molecule has 0 N–H and O–H groups in total. The van der Waals surface area contributed by atoms with E-state index in [1.165, 1.54) is 22.3 Å². The van der Waals surface area contributed by atoms with E-state index in [1.54, 1.807) is 11.8 Å². The molecular weight excluding hydrogens is 601 g/mol. The van der Waals surface area contributed by atoms with Crippen LogP contribution >= 0.6 is 11.8 Å². The molecule has 0 unspecified atom stereocenters. The molecule has 2 saturated heterocycles. The number of carbonyl (C=O) groups is 2. The highest BCUT2D eigenvalue weighted by atomic mass is 32.2. The molecule has 2 fully saturated rings. The molecule has 0 atom stereocenters. The number of piperazine rings is 2. The van der Waals surface area contributed by atoms with Crippen LogP contribution in [0.1, 0.15) is 47.2 Å². The Kier molecular flexibility index (Phi) is 11.8. The van der Waals surface area contributed by atoms with Crippen LogP contribution in [0, 0.1) is 0 Å². The minimum Gasteiger partial charge on any atom is -0.340 e. The summed E-state index contributed by atoms with van der Waals surface area (Å²) in [5, 5.41) is 0. The van der Waals surface area contributed by atoms with Crippen LogP contribution in [0.25, 0.3) is 0 Å². The third-order valence-corrected chi connectivity index (χ3v) is 10.4. The summed E-state index contributed by atoms with van der Waals surface area (Å²) in [5.74, 6) is 1.96. The second kappa shape index (κ2) is 16.8. The summed E-state index contributed by atoms with van der Waals surface area (Å²) in [7, 11) is 0. The normalized spacial score (nSPS) is 16.1.